The Hall–Kier alpha value is -0.300. The predicted molar refractivity (Wildman–Crippen MR) is 43.7 cm³/mol. The first kappa shape index (κ1) is 7.35. The minimum absolute atomic E-state index is 0.136. The Kier molecular flexibility index (Phi) is 2.27. The fourth-order valence-corrected chi connectivity index (χ4v) is 3.89. The Morgan fingerprint density at radius 3 is 1.82 bits per heavy atom. The summed E-state index contributed by atoms with van der Waals surface area (Å²) in [5.74, 6) is 0. The predicted octanol–water partition coefficient (Wildman–Crippen LogP) is 2.76. The summed E-state index contributed by atoms with van der Waals surface area (Å²) in [4.78, 5) is 0. The molecule has 0 spiro atoms. The standard InChI is InChI=1S/2C5H5.Nb/c2*1-2-4-5-3-1;/h2*1-3H,4H2;. The van der Waals surface area contributed by atoms with Gasteiger partial charge in [0.05, 0.1) is 0 Å². The summed E-state index contributed by atoms with van der Waals surface area (Å²) in [6.45, 7) is 0. The second-order valence-corrected chi connectivity index (χ2v) is 6.07. The third-order valence-electron chi connectivity index (χ3n) is 1.79. The molecular formula is C10H10Nb. The summed E-state index contributed by atoms with van der Waals surface area (Å²) < 4.78 is 3.41. The van der Waals surface area contributed by atoms with Crippen molar-refractivity contribution in [1.82, 2.24) is 0 Å². The van der Waals surface area contributed by atoms with E-state index in [1.54, 1.807) is 7.58 Å². The topological polar surface area (TPSA) is 0 Å². The van der Waals surface area contributed by atoms with Crippen LogP contribution < -0.4 is 0 Å². The van der Waals surface area contributed by atoms with Gasteiger partial charge in [0.15, 0.2) is 0 Å². The van der Waals surface area contributed by atoms with Gasteiger partial charge in [0.25, 0.3) is 0 Å². The molecule has 0 saturated heterocycles. The Morgan fingerprint density at radius 2 is 1.45 bits per heavy atom. The molecule has 0 amide bonds. The van der Waals surface area contributed by atoms with E-state index in [0.29, 0.717) is 0 Å². The van der Waals surface area contributed by atoms with Crippen LogP contribution in [-0.2, 0) is 19.8 Å². The monoisotopic (exact) mass is 223 g/mol. The van der Waals surface area contributed by atoms with Crippen molar-refractivity contribution in [3.8, 4) is 0 Å². The Bertz CT molecular complexity index is 239. The van der Waals surface area contributed by atoms with E-state index in [0.717, 1.165) is 0 Å². The minimum atomic E-state index is -0.136. The summed E-state index contributed by atoms with van der Waals surface area (Å²) in [5, 5.41) is 0. The van der Waals surface area contributed by atoms with Crippen LogP contribution in [0.15, 0.2) is 44.0 Å². The summed E-state index contributed by atoms with van der Waals surface area (Å²) in [6, 6.07) is 0. The molecule has 0 saturated carbocycles. The van der Waals surface area contributed by atoms with Gasteiger partial charge in [0, 0.05) is 0 Å². The van der Waals surface area contributed by atoms with Gasteiger partial charge >= 0.3 is 76.6 Å². The van der Waals surface area contributed by atoms with Crippen LogP contribution in [0.1, 0.15) is 12.8 Å². The van der Waals surface area contributed by atoms with Crippen molar-refractivity contribution in [2.45, 2.75) is 12.8 Å². The van der Waals surface area contributed by atoms with Gasteiger partial charge in [-0.05, 0) is 0 Å². The first-order valence-electron chi connectivity index (χ1n) is 3.88. The second-order valence-electron chi connectivity index (χ2n) is 2.69. The van der Waals surface area contributed by atoms with Crippen molar-refractivity contribution < 1.29 is 19.8 Å². The molecule has 2 aliphatic rings. The SMILES string of the molecule is C1=CC[C]([Nb][C]2=CC=CC2)=C1. The molecule has 0 atom stereocenters. The van der Waals surface area contributed by atoms with Crippen molar-refractivity contribution >= 4 is 0 Å². The van der Waals surface area contributed by atoms with Gasteiger partial charge in [-0.15, -0.1) is 0 Å². The van der Waals surface area contributed by atoms with Gasteiger partial charge in [-0.3, -0.25) is 0 Å². The molecule has 0 aromatic heterocycles. The molecule has 1 heteroatoms. The molecule has 0 aromatic carbocycles. The fraction of sp³-hybridized carbons (Fsp3) is 0.200. The summed E-state index contributed by atoms with van der Waals surface area (Å²) in [6.07, 6.45) is 16.0. The summed E-state index contributed by atoms with van der Waals surface area (Å²) in [5.41, 5.74) is 0. The zero-order valence-corrected chi connectivity index (χ0v) is 8.52. The number of allylic oxidation sites excluding steroid dienone is 8. The normalized spacial score (nSPS) is 20.4. The van der Waals surface area contributed by atoms with Gasteiger partial charge < -0.3 is 0 Å². The maximum absolute atomic E-state index is 2.30. The molecule has 0 aromatic rings. The van der Waals surface area contributed by atoms with Gasteiger partial charge in [-0.1, -0.05) is 0 Å². The Balaban J connectivity index is 1.91. The first-order chi connectivity index (χ1) is 5.45. The summed E-state index contributed by atoms with van der Waals surface area (Å²) >= 11 is -0.136. The Labute approximate surface area is 76.7 Å². The van der Waals surface area contributed by atoms with E-state index in [9.17, 15) is 0 Å². The zero-order valence-electron chi connectivity index (χ0n) is 6.33. The molecule has 0 unspecified atom stereocenters. The molecule has 0 fully saturated rings. The average Bonchev–Trinajstić information content (AvgIpc) is 2.60. The molecule has 0 nitrogen and oxygen atoms in total. The van der Waals surface area contributed by atoms with Crippen LogP contribution in [0.25, 0.3) is 0 Å². The van der Waals surface area contributed by atoms with Crippen LogP contribution in [0.3, 0.4) is 0 Å². The van der Waals surface area contributed by atoms with Gasteiger partial charge in [-0.2, -0.15) is 0 Å². The van der Waals surface area contributed by atoms with Gasteiger partial charge in [0.2, 0.25) is 0 Å². The average molecular weight is 223 g/mol. The molecule has 55 valence electrons. The number of hydrogen-bond donors (Lipinski definition) is 0. The van der Waals surface area contributed by atoms with Crippen molar-refractivity contribution in [3.63, 3.8) is 0 Å². The van der Waals surface area contributed by atoms with Gasteiger partial charge in [0.1, 0.15) is 0 Å². The quantitative estimate of drug-likeness (QED) is 0.631. The van der Waals surface area contributed by atoms with E-state index in [1.165, 1.54) is 12.8 Å². The first-order valence-corrected chi connectivity index (χ1v) is 6.08. The third kappa shape index (κ3) is 1.84. The molecular weight excluding hydrogens is 213 g/mol. The molecule has 11 heavy (non-hydrogen) atoms. The third-order valence-corrected chi connectivity index (χ3v) is 4.83. The van der Waals surface area contributed by atoms with Gasteiger partial charge in [-0.25, -0.2) is 0 Å². The van der Waals surface area contributed by atoms with Crippen molar-refractivity contribution in [2.24, 2.45) is 0 Å². The van der Waals surface area contributed by atoms with Crippen LogP contribution in [0.2, 0.25) is 0 Å². The molecule has 0 N–H and O–H groups in total. The van der Waals surface area contributed by atoms with Crippen LogP contribution in [0.5, 0.6) is 0 Å². The number of hydrogen-bond acceptors (Lipinski definition) is 0. The van der Waals surface area contributed by atoms with Crippen LogP contribution in [-0.4, -0.2) is 0 Å². The van der Waals surface area contributed by atoms with Crippen molar-refractivity contribution in [3.05, 3.63) is 44.0 Å². The summed E-state index contributed by atoms with van der Waals surface area (Å²) in [7, 11) is 0. The molecule has 2 aliphatic carbocycles. The molecule has 0 heterocycles. The Morgan fingerprint density at radius 1 is 0.909 bits per heavy atom. The van der Waals surface area contributed by atoms with E-state index >= 15 is 0 Å². The molecule has 2 rings (SSSR count). The van der Waals surface area contributed by atoms with E-state index in [-0.39, 0.29) is 19.8 Å². The fourth-order valence-electron chi connectivity index (χ4n) is 1.22. The van der Waals surface area contributed by atoms with E-state index in [2.05, 4.69) is 36.5 Å². The van der Waals surface area contributed by atoms with E-state index in [1.807, 2.05) is 0 Å². The van der Waals surface area contributed by atoms with Crippen molar-refractivity contribution in [1.29, 1.82) is 0 Å². The maximum atomic E-state index is 2.30. The van der Waals surface area contributed by atoms with Crippen LogP contribution >= 0.6 is 0 Å². The zero-order chi connectivity index (χ0) is 7.52. The second kappa shape index (κ2) is 3.40. The molecule has 0 aliphatic heterocycles. The molecule has 0 bridgehead atoms. The number of rotatable bonds is 2. The van der Waals surface area contributed by atoms with Crippen LogP contribution in [0, 0.1) is 0 Å². The molecule has 0 radical (unpaired) electrons. The van der Waals surface area contributed by atoms with Crippen molar-refractivity contribution in [2.75, 3.05) is 0 Å². The van der Waals surface area contributed by atoms with E-state index in [4.69, 9.17) is 0 Å². The van der Waals surface area contributed by atoms with Crippen LogP contribution in [0.4, 0.5) is 0 Å². The van der Waals surface area contributed by atoms with E-state index < -0.39 is 0 Å².